The summed E-state index contributed by atoms with van der Waals surface area (Å²) in [4.78, 5) is 0. The molecule has 144 valence electrons. The van der Waals surface area contributed by atoms with E-state index in [9.17, 15) is 0 Å². The van der Waals surface area contributed by atoms with Crippen molar-refractivity contribution in [2.45, 2.75) is 25.9 Å². The van der Waals surface area contributed by atoms with Crippen LogP contribution in [0.5, 0.6) is 17.2 Å². The van der Waals surface area contributed by atoms with Gasteiger partial charge in [-0.3, -0.25) is 0 Å². The normalized spacial score (nSPS) is 12.8. The van der Waals surface area contributed by atoms with Crippen LogP contribution in [0, 0.1) is 0 Å². The van der Waals surface area contributed by atoms with Gasteiger partial charge < -0.3 is 18.6 Å². The summed E-state index contributed by atoms with van der Waals surface area (Å²) in [6, 6.07) is 11.6. The van der Waals surface area contributed by atoms with Crippen LogP contribution in [-0.4, -0.2) is 44.6 Å². The number of fused-ring (bicyclic) bond motifs is 1. The molecule has 7 nitrogen and oxygen atoms in total. The molecule has 0 radical (unpaired) electrons. The molecule has 0 aliphatic heterocycles. The van der Waals surface area contributed by atoms with E-state index in [2.05, 4.69) is 30.0 Å². The first-order valence-corrected chi connectivity index (χ1v) is 12.1. The standard InChI is InChI=1S/C19H25N3O4Si/c1-23-16-11-13(12-17(24-2)18(16)25-3)19(26-27(4,5)6)22-15-10-8-7-9-14(15)20-21-22/h7-12,19H,1-6H3. The van der Waals surface area contributed by atoms with E-state index in [0.29, 0.717) is 17.2 Å². The highest BCUT2D eigenvalue weighted by Crippen LogP contribution is 2.41. The Labute approximate surface area is 159 Å². The van der Waals surface area contributed by atoms with Gasteiger partial charge in [0, 0.05) is 5.56 Å². The number of aromatic nitrogens is 3. The van der Waals surface area contributed by atoms with E-state index in [-0.39, 0.29) is 0 Å². The highest BCUT2D eigenvalue weighted by molar-refractivity contribution is 6.69. The van der Waals surface area contributed by atoms with Gasteiger partial charge in [-0.05, 0) is 43.9 Å². The number of hydrogen-bond donors (Lipinski definition) is 0. The Morgan fingerprint density at radius 3 is 2.11 bits per heavy atom. The van der Waals surface area contributed by atoms with Crippen LogP contribution in [0.4, 0.5) is 0 Å². The Bertz CT molecular complexity index is 911. The van der Waals surface area contributed by atoms with Crippen LogP contribution in [-0.2, 0) is 4.43 Å². The van der Waals surface area contributed by atoms with Crippen LogP contribution in [0.15, 0.2) is 36.4 Å². The fraction of sp³-hybridized carbons (Fsp3) is 0.368. The van der Waals surface area contributed by atoms with Crippen LogP contribution in [0.2, 0.25) is 19.6 Å². The molecule has 3 rings (SSSR count). The largest absolute Gasteiger partial charge is 0.493 e. The quantitative estimate of drug-likeness (QED) is 0.574. The second-order valence-corrected chi connectivity index (χ2v) is 11.5. The molecule has 1 atom stereocenters. The molecule has 0 N–H and O–H groups in total. The molecule has 3 aromatic rings. The molecule has 0 amide bonds. The van der Waals surface area contributed by atoms with Gasteiger partial charge in [-0.1, -0.05) is 17.3 Å². The molecule has 8 heteroatoms. The van der Waals surface area contributed by atoms with E-state index in [4.69, 9.17) is 18.6 Å². The topological polar surface area (TPSA) is 67.6 Å². The lowest BCUT2D eigenvalue weighted by atomic mass is 10.1. The van der Waals surface area contributed by atoms with Gasteiger partial charge in [-0.25, -0.2) is 4.68 Å². The van der Waals surface area contributed by atoms with Gasteiger partial charge in [-0.15, -0.1) is 5.10 Å². The third-order valence-electron chi connectivity index (χ3n) is 4.04. The van der Waals surface area contributed by atoms with Crippen LogP contribution in [0.1, 0.15) is 11.8 Å². The first-order chi connectivity index (χ1) is 12.9. The molecule has 0 bridgehead atoms. The molecule has 1 unspecified atom stereocenters. The van der Waals surface area contributed by atoms with Crippen LogP contribution in [0.25, 0.3) is 11.0 Å². The fourth-order valence-electron chi connectivity index (χ4n) is 2.90. The van der Waals surface area contributed by atoms with E-state index < -0.39 is 14.5 Å². The molecule has 0 saturated heterocycles. The number of methoxy groups -OCH3 is 3. The molecule has 2 aromatic carbocycles. The summed E-state index contributed by atoms with van der Waals surface area (Å²) in [6.07, 6.45) is -0.460. The van der Waals surface area contributed by atoms with E-state index >= 15 is 0 Å². The second kappa shape index (κ2) is 7.57. The molecule has 27 heavy (non-hydrogen) atoms. The monoisotopic (exact) mass is 387 g/mol. The van der Waals surface area contributed by atoms with Crippen molar-refractivity contribution in [3.8, 4) is 17.2 Å². The second-order valence-electron chi connectivity index (χ2n) is 7.06. The zero-order chi connectivity index (χ0) is 19.6. The summed E-state index contributed by atoms with van der Waals surface area (Å²) in [5.74, 6) is 1.68. The summed E-state index contributed by atoms with van der Waals surface area (Å²) in [5.41, 5.74) is 2.56. The minimum absolute atomic E-state index is 0.460. The summed E-state index contributed by atoms with van der Waals surface area (Å²) in [5, 5.41) is 8.64. The van der Waals surface area contributed by atoms with Gasteiger partial charge in [0.05, 0.1) is 26.8 Å². The molecule has 0 aliphatic rings. The molecule has 1 aromatic heterocycles. The number of hydrogen-bond acceptors (Lipinski definition) is 6. The number of ether oxygens (including phenoxy) is 3. The highest BCUT2D eigenvalue weighted by Gasteiger charge is 2.28. The van der Waals surface area contributed by atoms with Crippen LogP contribution >= 0.6 is 0 Å². The van der Waals surface area contributed by atoms with E-state index in [0.717, 1.165) is 16.6 Å². The zero-order valence-corrected chi connectivity index (χ0v) is 17.5. The summed E-state index contributed by atoms with van der Waals surface area (Å²) < 4.78 is 24.8. The van der Waals surface area contributed by atoms with Gasteiger partial charge in [0.2, 0.25) is 5.75 Å². The summed E-state index contributed by atoms with van der Waals surface area (Å²) >= 11 is 0. The van der Waals surface area contributed by atoms with E-state index in [1.165, 1.54) is 0 Å². The lowest BCUT2D eigenvalue weighted by Crippen LogP contribution is -2.31. The van der Waals surface area contributed by atoms with Gasteiger partial charge >= 0.3 is 0 Å². The minimum Gasteiger partial charge on any atom is -0.493 e. The smallest absolute Gasteiger partial charge is 0.203 e. The lowest BCUT2D eigenvalue weighted by molar-refractivity contribution is 0.153. The first kappa shape index (κ1) is 19.2. The SMILES string of the molecule is COc1cc(C(O[Si](C)(C)C)n2nnc3ccccc32)cc(OC)c1OC. The molecule has 0 aliphatic carbocycles. The number of nitrogens with zero attached hydrogens (tertiary/aromatic N) is 3. The number of rotatable bonds is 7. The average Bonchev–Trinajstić information content (AvgIpc) is 3.08. The molecule has 0 saturated carbocycles. The Balaban J connectivity index is 2.20. The molecular formula is C19H25N3O4Si. The van der Waals surface area contributed by atoms with Gasteiger partial charge in [0.25, 0.3) is 0 Å². The van der Waals surface area contributed by atoms with Crippen molar-refractivity contribution < 1.29 is 18.6 Å². The Morgan fingerprint density at radius 1 is 0.926 bits per heavy atom. The van der Waals surface area contributed by atoms with Crippen molar-refractivity contribution in [1.29, 1.82) is 0 Å². The lowest BCUT2D eigenvalue weighted by Gasteiger charge is -2.28. The number of benzene rings is 2. The van der Waals surface area contributed by atoms with E-state index in [1.807, 2.05) is 36.4 Å². The van der Waals surface area contributed by atoms with Gasteiger partial charge in [0.15, 0.2) is 26.0 Å². The van der Waals surface area contributed by atoms with Crippen molar-refractivity contribution >= 4 is 19.4 Å². The Kier molecular flexibility index (Phi) is 5.38. The van der Waals surface area contributed by atoms with Crippen molar-refractivity contribution in [2.24, 2.45) is 0 Å². The highest BCUT2D eigenvalue weighted by atomic mass is 28.4. The minimum atomic E-state index is -1.93. The molecule has 1 heterocycles. The third kappa shape index (κ3) is 3.91. The molecule has 0 fully saturated rings. The third-order valence-corrected chi connectivity index (χ3v) is 4.97. The molecular weight excluding hydrogens is 362 g/mol. The van der Waals surface area contributed by atoms with Crippen molar-refractivity contribution in [1.82, 2.24) is 15.0 Å². The summed E-state index contributed by atoms with van der Waals surface area (Å²) in [6.45, 7) is 6.41. The van der Waals surface area contributed by atoms with Crippen LogP contribution < -0.4 is 14.2 Å². The maximum Gasteiger partial charge on any atom is 0.203 e. The first-order valence-electron chi connectivity index (χ1n) is 8.65. The van der Waals surface area contributed by atoms with Gasteiger partial charge in [-0.2, -0.15) is 0 Å². The maximum absolute atomic E-state index is 6.50. The Morgan fingerprint density at radius 2 is 1.56 bits per heavy atom. The predicted molar refractivity (Wildman–Crippen MR) is 106 cm³/mol. The summed E-state index contributed by atoms with van der Waals surface area (Å²) in [7, 11) is 2.85. The number of para-hydroxylation sites is 1. The zero-order valence-electron chi connectivity index (χ0n) is 16.5. The average molecular weight is 388 g/mol. The van der Waals surface area contributed by atoms with Crippen molar-refractivity contribution in [3.63, 3.8) is 0 Å². The van der Waals surface area contributed by atoms with Crippen molar-refractivity contribution in [3.05, 3.63) is 42.0 Å². The predicted octanol–water partition coefficient (Wildman–Crippen LogP) is 3.86. The Hall–Kier alpha value is -2.58. The van der Waals surface area contributed by atoms with Crippen molar-refractivity contribution in [2.75, 3.05) is 21.3 Å². The van der Waals surface area contributed by atoms with E-state index in [1.54, 1.807) is 26.0 Å². The van der Waals surface area contributed by atoms with Crippen LogP contribution in [0.3, 0.4) is 0 Å². The fourth-order valence-corrected chi connectivity index (χ4v) is 3.80. The maximum atomic E-state index is 6.50. The molecule has 0 spiro atoms. The van der Waals surface area contributed by atoms with Gasteiger partial charge in [0.1, 0.15) is 5.52 Å².